The van der Waals surface area contributed by atoms with Crippen LogP contribution in [0.4, 0.5) is 0 Å². The van der Waals surface area contributed by atoms with Gasteiger partial charge in [0.1, 0.15) is 11.7 Å². The third kappa shape index (κ3) is 2.97. The second-order valence-corrected chi connectivity index (χ2v) is 4.53. The summed E-state index contributed by atoms with van der Waals surface area (Å²) >= 11 is 0. The van der Waals surface area contributed by atoms with Crippen molar-refractivity contribution in [3.05, 3.63) is 65.7 Å². The van der Waals surface area contributed by atoms with E-state index in [0.717, 1.165) is 5.56 Å². The van der Waals surface area contributed by atoms with E-state index in [1.807, 2.05) is 18.2 Å². The Balaban J connectivity index is 2.31. The Morgan fingerprint density at radius 1 is 1.05 bits per heavy atom. The van der Waals surface area contributed by atoms with E-state index < -0.39 is 17.9 Å². The number of benzene rings is 2. The second kappa shape index (κ2) is 6.21. The lowest BCUT2D eigenvalue weighted by Crippen LogP contribution is -2.26. The summed E-state index contributed by atoms with van der Waals surface area (Å²) in [5, 5.41) is 9.45. The average Bonchev–Trinajstić information content (AvgIpc) is 2.48. The van der Waals surface area contributed by atoms with E-state index >= 15 is 0 Å². The van der Waals surface area contributed by atoms with E-state index in [4.69, 9.17) is 10.5 Å². The summed E-state index contributed by atoms with van der Waals surface area (Å²) in [7, 11) is 1.58. The molecule has 104 valence electrons. The molecule has 4 nitrogen and oxygen atoms in total. The van der Waals surface area contributed by atoms with Crippen molar-refractivity contribution in [2.75, 3.05) is 7.11 Å². The molecule has 2 aromatic carbocycles. The molecule has 0 radical (unpaired) electrons. The van der Waals surface area contributed by atoms with Crippen LogP contribution in [-0.4, -0.2) is 18.2 Å². The lowest BCUT2D eigenvalue weighted by atomic mass is 9.88. The summed E-state index contributed by atoms with van der Waals surface area (Å²) in [4.78, 5) is 11.5. The first-order chi connectivity index (χ1) is 9.63. The molecule has 2 aromatic rings. The lowest BCUT2D eigenvalue weighted by Gasteiger charge is -2.21. The standard InChI is InChI=1S/C16H17NO3/c1-20-13-9-7-12(8-10-13)15(17)14(16(18)19)11-5-3-2-4-6-11/h2-10,14-15H,17H2,1H3,(H,18,19). The SMILES string of the molecule is COc1ccc(C(N)C(C(=O)O)c2ccccc2)cc1. The van der Waals surface area contributed by atoms with Gasteiger partial charge in [-0.15, -0.1) is 0 Å². The predicted molar refractivity (Wildman–Crippen MR) is 76.7 cm³/mol. The Morgan fingerprint density at radius 3 is 2.15 bits per heavy atom. The van der Waals surface area contributed by atoms with Gasteiger partial charge in [0, 0.05) is 6.04 Å². The Bertz CT molecular complexity index is 566. The molecule has 2 rings (SSSR count). The van der Waals surface area contributed by atoms with Crippen molar-refractivity contribution in [2.45, 2.75) is 12.0 Å². The third-order valence-corrected chi connectivity index (χ3v) is 3.28. The number of carbonyl (C=O) groups is 1. The van der Waals surface area contributed by atoms with Crippen LogP contribution in [0.2, 0.25) is 0 Å². The van der Waals surface area contributed by atoms with Gasteiger partial charge in [0.25, 0.3) is 0 Å². The highest BCUT2D eigenvalue weighted by molar-refractivity contribution is 5.77. The smallest absolute Gasteiger partial charge is 0.312 e. The van der Waals surface area contributed by atoms with E-state index in [1.165, 1.54) is 0 Å². The fourth-order valence-corrected chi connectivity index (χ4v) is 2.18. The quantitative estimate of drug-likeness (QED) is 0.876. The summed E-state index contributed by atoms with van der Waals surface area (Å²) in [5.41, 5.74) is 7.61. The molecule has 0 saturated carbocycles. The predicted octanol–water partition coefficient (Wildman–Crippen LogP) is 2.56. The number of nitrogens with two attached hydrogens (primary N) is 1. The van der Waals surface area contributed by atoms with Crippen molar-refractivity contribution >= 4 is 5.97 Å². The first-order valence-corrected chi connectivity index (χ1v) is 6.30. The molecule has 0 fully saturated rings. The summed E-state index contributed by atoms with van der Waals surface area (Å²) in [5.74, 6) is -0.989. The monoisotopic (exact) mass is 271 g/mol. The molecular formula is C16H17NO3. The fraction of sp³-hybridized carbons (Fsp3) is 0.188. The number of hydrogen-bond donors (Lipinski definition) is 2. The van der Waals surface area contributed by atoms with Gasteiger partial charge in [-0.3, -0.25) is 4.79 Å². The van der Waals surface area contributed by atoms with Crippen LogP contribution in [0.15, 0.2) is 54.6 Å². The van der Waals surface area contributed by atoms with Crippen LogP contribution in [0.1, 0.15) is 23.1 Å². The number of carboxylic acid groups (broad SMARTS) is 1. The minimum Gasteiger partial charge on any atom is -0.497 e. The van der Waals surface area contributed by atoms with Crippen LogP contribution in [0, 0.1) is 0 Å². The Morgan fingerprint density at radius 2 is 1.65 bits per heavy atom. The zero-order chi connectivity index (χ0) is 14.5. The number of hydrogen-bond acceptors (Lipinski definition) is 3. The molecule has 3 N–H and O–H groups in total. The van der Waals surface area contributed by atoms with Crippen LogP contribution in [-0.2, 0) is 4.79 Å². The van der Waals surface area contributed by atoms with Gasteiger partial charge in [0.2, 0.25) is 0 Å². The van der Waals surface area contributed by atoms with Gasteiger partial charge >= 0.3 is 5.97 Å². The van der Waals surface area contributed by atoms with E-state index in [0.29, 0.717) is 11.3 Å². The number of methoxy groups -OCH3 is 1. The Hall–Kier alpha value is -2.33. The van der Waals surface area contributed by atoms with Crippen LogP contribution < -0.4 is 10.5 Å². The van der Waals surface area contributed by atoms with E-state index in [-0.39, 0.29) is 0 Å². The van der Waals surface area contributed by atoms with Crippen molar-refractivity contribution in [1.29, 1.82) is 0 Å². The maximum atomic E-state index is 11.5. The highest BCUT2D eigenvalue weighted by Gasteiger charge is 2.28. The van der Waals surface area contributed by atoms with E-state index in [9.17, 15) is 9.90 Å². The van der Waals surface area contributed by atoms with Crippen molar-refractivity contribution < 1.29 is 14.6 Å². The molecule has 2 unspecified atom stereocenters. The number of ether oxygens (including phenoxy) is 1. The molecule has 0 amide bonds. The Labute approximate surface area is 117 Å². The summed E-state index contributed by atoms with van der Waals surface area (Å²) in [6.07, 6.45) is 0. The Kier molecular flexibility index (Phi) is 4.38. The van der Waals surface area contributed by atoms with Gasteiger partial charge in [0.15, 0.2) is 0 Å². The van der Waals surface area contributed by atoms with Gasteiger partial charge in [-0.1, -0.05) is 42.5 Å². The molecular weight excluding hydrogens is 254 g/mol. The van der Waals surface area contributed by atoms with Gasteiger partial charge in [-0.25, -0.2) is 0 Å². The fourth-order valence-electron chi connectivity index (χ4n) is 2.18. The third-order valence-electron chi connectivity index (χ3n) is 3.28. The molecule has 0 aromatic heterocycles. The second-order valence-electron chi connectivity index (χ2n) is 4.53. The summed E-state index contributed by atoms with van der Waals surface area (Å²) in [6, 6.07) is 15.6. The summed E-state index contributed by atoms with van der Waals surface area (Å²) < 4.78 is 5.08. The molecule has 0 aliphatic heterocycles. The zero-order valence-corrected chi connectivity index (χ0v) is 11.2. The maximum absolute atomic E-state index is 11.5. The summed E-state index contributed by atoms with van der Waals surface area (Å²) in [6.45, 7) is 0. The minimum atomic E-state index is -0.931. The van der Waals surface area contributed by atoms with Crippen LogP contribution in [0.25, 0.3) is 0 Å². The van der Waals surface area contributed by atoms with Gasteiger partial charge < -0.3 is 15.6 Å². The highest BCUT2D eigenvalue weighted by Crippen LogP contribution is 2.30. The van der Waals surface area contributed by atoms with E-state index in [2.05, 4.69) is 0 Å². The molecule has 4 heteroatoms. The van der Waals surface area contributed by atoms with Crippen LogP contribution in [0.5, 0.6) is 5.75 Å². The molecule has 0 aliphatic carbocycles. The zero-order valence-electron chi connectivity index (χ0n) is 11.2. The molecule has 0 bridgehead atoms. The molecule has 0 aliphatic rings. The lowest BCUT2D eigenvalue weighted by molar-refractivity contribution is -0.139. The molecule has 20 heavy (non-hydrogen) atoms. The molecule has 2 atom stereocenters. The number of aliphatic carboxylic acids is 1. The highest BCUT2D eigenvalue weighted by atomic mass is 16.5. The molecule has 0 saturated heterocycles. The molecule has 0 heterocycles. The van der Waals surface area contributed by atoms with Crippen molar-refractivity contribution in [2.24, 2.45) is 5.73 Å². The molecule has 0 spiro atoms. The van der Waals surface area contributed by atoms with Crippen LogP contribution in [0.3, 0.4) is 0 Å². The van der Waals surface area contributed by atoms with Gasteiger partial charge in [0.05, 0.1) is 7.11 Å². The van der Waals surface area contributed by atoms with Crippen LogP contribution >= 0.6 is 0 Å². The van der Waals surface area contributed by atoms with Crippen molar-refractivity contribution in [1.82, 2.24) is 0 Å². The minimum absolute atomic E-state index is 0.610. The average molecular weight is 271 g/mol. The van der Waals surface area contributed by atoms with Crippen molar-refractivity contribution in [3.8, 4) is 5.75 Å². The van der Waals surface area contributed by atoms with Gasteiger partial charge in [-0.2, -0.15) is 0 Å². The number of carboxylic acids is 1. The first-order valence-electron chi connectivity index (χ1n) is 6.30. The normalized spacial score (nSPS) is 13.5. The van der Waals surface area contributed by atoms with Crippen molar-refractivity contribution in [3.63, 3.8) is 0 Å². The first kappa shape index (κ1) is 14.1. The number of rotatable bonds is 5. The largest absolute Gasteiger partial charge is 0.497 e. The maximum Gasteiger partial charge on any atom is 0.312 e. The van der Waals surface area contributed by atoms with E-state index in [1.54, 1.807) is 43.5 Å². The topological polar surface area (TPSA) is 72.5 Å². The van der Waals surface area contributed by atoms with Gasteiger partial charge in [-0.05, 0) is 23.3 Å².